The molecule has 0 atom stereocenters. The fourth-order valence-corrected chi connectivity index (χ4v) is 5.12. The van der Waals surface area contributed by atoms with Crippen LogP contribution in [-0.2, 0) is 16.6 Å². The highest BCUT2D eigenvalue weighted by Crippen LogP contribution is 2.30. The maximum absolute atomic E-state index is 12.5. The Kier molecular flexibility index (Phi) is 4.77. The van der Waals surface area contributed by atoms with Gasteiger partial charge in [-0.05, 0) is 33.3 Å². The third kappa shape index (κ3) is 3.51. The van der Waals surface area contributed by atoms with E-state index in [-0.39, 0.29) is 17.2 Å². The zero-order valence-corrected chi connectivity index (χ0v) is 16.1. The van der Waals surface area contributed by atoms with Crippen LogP contribution < -0.4 is 4.72 Å². The van der Waals surface area contributed by atoms with Gasteiger partial charge in [-0.3, -0.25) is 0 Å². The highest BCUT2D eigenvalue weighted by Gasteiger charge is 2.24. The number of hydrogen-bond acceptors (Lipinski definition) is 6. The first-order valence-corrected chi connectivity index (χ1v) is 10.0. The molecule has 0 saturated heterocycles. The molecule has 0 aliphatic rings. The molecule has 132 valence electrons. The van der Waals surface area contributed by atoms with Crippen molar-refractivity contribution in [3.05, 3.63) is 51.9 Å². The van der Waals surface area contributed by atoms with Gasteiger partial charge in [-0.1, -0.05) is 29.4 Å². The maximum atomic E-state index is 12.5. The van der Waals surface area contributed by atoms with Crippen molar-refractivity contribution in [2.45, 2.75) is 39.1 Å². The van der Waals surface area contributed by atoms with Crippen molar-refractivity contribution >= 4 is 21.4 Å². The molecule has 0 saturated carbocycles. The van der Waals surface area contributed by atoms with Crippen LogP contribution >= 0.6 is 11.3 Å². The van der Waals surface area contributed by atoms with E-state index >= 15 is 0 Å². The number of nitrogens with one attached hydrogen (secondary N) is 1. The van der Waals surface area contributed by atoms with Gasteiger partial charge in [0.05, 0.1) is 5.69 Å². The third-order valence-electron chi connectivity index (χ3n) is 3.93. The molecule has 1 N–H and O–H groups in total. The molecular weight excluding hydrogens is 358 g/mol. The zero-order valence-electron chi connectivity index (χ0n) is 14.5. The Morgan fingerprint density at radius 2 is 1.84 bits per heavy atom. The fourth-order valence-electron chi connectivity index (χ4n) is 2.61. The van der Waals surface area contributed by atoms with Gasteiger partial charge in [0.15, 0.2) is 5.76 Å². The van der Waals surface area contributed by atoms with E-state index in [1.165, 1.54) is 11.3 Å². The highest BCUT2D eigenvalue weighted by molar-refractivity contribution is 7.89. The maximum Gasteiger partial charge on any atom is 0.246 e. The van der Waals surface area contributed by atoms with Gasteiger partial charge < -0.3 is 4.52 Å². The summed E-state index contributed by atoms with van der Waals surface area (Å²) in [4.78, 5) is 5.58. The average Bonchev–Trinajstić information content (AvgIpc) is 3.08. The SMILES string of the molecule is Cc1ccccc1-c1nc(C)c(CNS(=O)(=O)c2c(C)noc2C)s1. The molecule has 3 rings (SSSR count). The van der Waals surface area contributed by atoms with Gasteiger partial charge in [-0.15, -0.1) is 11.3 Å². The van der Waals surface area contributed by atoms with Crippen molar-refractivity contribution in [2.24, 2.45) is 0 Å². The number of thiazole rings is 1. The zero-order chi connectivity index (χ0) is 18.2. The smallest absolute Gasteiger partial charge is 0.246 e. The fraction of sp³-hybridized carbons (Fsp3) is 0.294. The number of aryl methyl sites for hydroxylation is 4. The predicted octanol–water partition coefficient (Wildman–Crippen LogP) is 3.51. The largest absolute Gasteiger partial charge is 0.360 e. The summed E-state index contributed by atoms with van der Waals surface area (Å²) in [6.45, 7) is 7.30. The second-order valence-electron chi connectivity index (χ2n) is 5.82. The van der Waals surface area contributed by atoms with Crippen molar-refractivity contribution in [1.82, 2.24) is 14.9 Å². The molecule has 6 nitrogen and oxygen atoms in total. The third-order valence-corrected chi connectivity index (χ3v) is 6.76. The van der Waals surface area contributed by atoms with E-state index < -0.39 is 10.0 Å². The monoisotopic (exact) mass is 377 g/mol. The van der Waals surface area contributed by atoms with Crippen LogP contribution in [0.5, 0.6) is 0 Å². The van der Waals surface area contributed by atoms with E-state index in [2.05, 4.69) is 14.9 Å². The number of nitrogens with zero attached hydrogens (tertiary/aromatic N) is 2. The van der Waals surface area contributed by atoms with Gasteiger partial charge in [-0.25, -0.2) is 18.1 Å². The van der Waals surface area contributed by atoms with E-state index in [4.69, 9.17) is 4.52 Å². The minimum atomic E-state index is -3.68. The molecule has 0 bridgehead atoms. The minimum absolute atomic E-state index is 0.105. The van der Waals surface area contributed by atoms with Crippen LogP contribution in [0.2, 0.25) is 0 Å². The first-order chi connectivity index (χ1) is 11.8. The van der Waals surface area contributed by atoms with Crippen LogP contribution in [0.25, 0.3) is 10.6 Å². The van der Waals surface area contributed by atoms with E-state index in [1.807, 2.05) is 38.1 Å². The summed E-state index contributed by atoms with van der Waals surface area (Å²) in [6, 6.07) is 8.01. The number of aromatic nitrogens is 2. The molecule has 0 spiro atoms. The molecule has 0 aliphatic heterocycles. The summed E-state index contributed by atoms with van der Waals surface area (Å²) in [6.07, 6.45) is 0. The average molecular weight is 377 g/mol. The molecule has 0 aliphatic carbocycles. The lowest BCUT2D eigenvalue weighted by Crippen LogP contribution is -2.24. The Bertz CT molecular complexity index is 1000. The standard InChI is InChI=1S/C17H19N3O3S2/c1-10-7-5-6-8-14(10)17-19-11(2)15(24-17)9-18-25(21,22)16-12(3)20-23-13(16)4/h5-8,18H,9H2,1-4H3. The van der Waals surface area contributed by atoms with Gasteiger partial charge in [0.25, 0.3) is 0 Å². The lowest BCUT2D eigenvalue weighted by molar-refractivity contribution is 0.390. The van der Waals surface area contributed by atoms with Crippen LogP contribution in [0.4, 0.5) is 0 Å². The Labute approximate surface area is 151 Å². The second-order valence-corrected chi connectivity index (χ2v) is 8.61. The summed E-state index contributed by atoms with van der Waals surface area (Å²) in [5, 5.41) is 4.60. The Morgan fingerprint density at radius 3 is 2.48 bits per heavy atom. The van der Waals surface area contributed by atoms with Gasteiger partial charge >= 0.3 is 0 Å². The molecular formula is C17H19N3O3S2. The topological polar surface area (TPSA) is 85.1 Å². The Hall–Kier alpha value is -2.03. The molecule has 0 unspecified atom stereocenters. The van der Waals surface area contributed by atoms with Crippen LogP contribution in [0.3, 0.4) is 0 Å². The van der Waals surface area contributed by atoms with Crippen molar-refractivity contribution in [2.75, 3.05) is 0 Å². The van der Waals surface area contributed by atoms with Gasteiger partial charge in [0.2, 0.25) is 10.0 Å². The molecule has 2 heterocycles. The summed E-state index contributed by atoms with van der Waals surface area (Å²) in [7, 11) is -3.68. The van der Waals surface area contributed by atoms with E-state index in [1.54, 1.807) is 13.8 Å². The Morgan fingerprint density at radius 1 is 1.12 bits per heavy atom. The van der Waals surface area contributed by atoms with Gasteiger partial charge in [-0.2, -0.15) is 0 Å². The van der Waals surface area contributed by atoms with E-state index in [0.717, 1.165) is 26.7 Å². The second kappa shape index (κ2) is 6.70. The molecule has 25 heavy (non-hydrogen) atoms. The Balaban J connectivity index is 1.84. The van der Waals surface area contributed by atoms with Crippen LogP contribution in [0, 0.1) is 27.7 Å². The molecule has 0 radical (unpaired) electrons. The first-order valence-electron chi connectivity index (χ1n) is 7.74. The number of benzene rings is 1. The van der Waals surface area contributed by atoms with Crippen molar-refractivity contribution < 1.29 is 12.9 Å². The highest BCUT2D eigenvalue weighted by atomic mass is 32.2. The number of hydrogen-bond donors (Lipinski definition) is 1. The normalized spacial score (nSPS) is 11.8. The van der Waals surface area contributed by atoms with Crippen LogP contribution in [0.1, 0.15) is 27.6 Å². The van der Waals surface area contributed by atoms with Crippen molar-refractivity contribution in [1.29, 1.82) is 0 Å². The lowest BCUT2D eigenvalue weighted by atomic mass is 10.1. The quantitative estimate of drug-likeness (QED) is 0.735. The van der Waals surface area contributed by atoms with Crippen molar-refractivity contribution in [3.63, 3.8) is 0 Å². The summed E-state index contributed by atoms with van der Waals surface area (Å²) >= 11 is 1.50. The van der Waals surface area contributed by atoms with E-state index in [9.17, 15) is 8.42 Å². The van der Waals surface area contributed by atoms with Gasteiger partial charge in [0.1, 0.15) is 15.6 Å². The summed E-state index contributed by atoms with van der Waals surface area (Å²) in [5.74, 6) is 0.284. The summed E-state index contributed by atoms with van der Waals surface area (Å²) < 4.78 is 32.6. The van der Waals surface area contributed by atoms with Crippen molar-refractivity contribution in [3.8, 4) is 10.6 Å². The van der Waals surface area contributed by atoms with Crippen LogP contribution in [-0.4, -0.2) is 18.6 Å². The lowest BCUT2D eigenvalue weighted by Gasteiger charge is -2.05. The predicted molar refractivity (Wildman–Crippen MR) is 97.0 cm³/mol. The number of rotatable bonds is 5. The van der Waals surface area contributed by atoms with E-state index in [0.29, 0.717) is 5.69 Å². The first kappa shape index (κ1) is 17.8. The minimum Gasteiger partial charge on any atom is -0.360 e. The molecule has 0 amide bonds. The molecule has 2 aromatic heterocycles. The molecule has 8 heteroatoms. The number of sulfonamides is 1. The molecule has 0 fully saturated rings. The molecule has 3 aromatic rings. The molecule has 1 aromatic carbocycles. The van der Waals surface area contributed by atoms with Crippen LogP contribution in [0.15, 0.2) is 33.7 Å². The summed E-state index contributed by atoms with van der Waals surface area (Å²) in [5.41, 5.74) is 3.38. The van der Waals surface area contributed by atoms with Gasteiger partial charge in [0, 0.05) is 17.0 Å².